The van der Waals surface area contributed by atoms with Gasteiger partial charge in [-0.1, -0.05) is 36.4 Å². The van der Waals surface area contributed by atoms with Crippen LogP contribution in [0.2, 0.25) is 0 Å². The maximum atomic E-state index is 12.9. The molecular formula is C29H36O3S4. The first-order valence-electron chi connectivity index (χ1n) is 12.7. The lowest BCUT2D eigenvalue weighted by atomic mass is 10.1. The van der Waals surface area contributed by atoms with Crippen LogP contribution in [0, 0.1) is 0 Å². The first-order valence-corrected chi connectivity index (χ1v) is 16.9. The van der Waals surface area contributed by atoms with E-state index < -0.39 is 0 Å². The van der Waals surface area contributed by atoms with Gasteiger partial charge in [-0.05, 0) is 73.8 Å². The molecular weight excluding hydrogens is 525 g/mol. The number of benzene rings is 2. The third-order valence-electron chi connectivity index (χ3n) is 6.44. The summed E-state index contributed by atoms with van der Waals surface area (Å²) >= 11 is 8.18. The van der Waals surface area contributed by atoms with Crippen molar-refractivity contribution in [1.29, 1.82) is 0 Å². The number of carbonyl (C=O) groups excluding carboxylic acids is 1. The Labute approximate surface area is 233 Å². The Morgan fingerprint density at radius 3 is 2.69 bits per heavy atom. The highest BCUT2D eigenvalue weighted by Gasteiger charge is 2.36. The number of hydrogen-bond acceptors (Lipinski definition) is 7. The fourth-order valence-electron chi connectivity index (χ4n) is 4.52. The van der Waals surface area contributed by atoms with Gasteiger partial charge in [0.15, 0.2) is 0 Å². The van der Waals surface area contributed by atoms with Crippen molar-refractivity contribution < 1.29 is 14.3 Å². The topological polar surface area (TPSA) is 35.5 Å². The SMILES string of the molecule is COc1cccc(C2(C/C=C/C(CCC3CCCSCCS3)OC(=O)c3ccccc3)SCCS2)c1. The zero-order valence-electron chi connectivity index (χ0n) is 20.9. The smallest absolute Gasteiger partial charge is 0.338 e. The van der Waals surface area contributed by atoms with Crippen molar-refractivity contribution in [2.45, 2.75) is 47.5 Å². The average Bonchev–Trinajstić information content (AvgIpc) is 3.38. The molecule has 0 aromatic heterocycles. The highest BCUT2D eigenvalue weighted by atomic mass is 32.2. The summed E-state index contributed by atoms with van der Waals surface area (Å²) in [5.41, 5.74) is 1.91. The van der Waals surface area contributed by atoms with Crippen LogP contribution in [0.5, 0.6) is 5.75 Å². The quantitative estimate of drug-likeness (QED) is 0.216. The Bertz CT molecular complexity index is 967. The molecule has 2 aliphatic heterocycles. The molecule has 2 saturated heterocycles. The van der Waals surface area contributed by atoms with Gasteiger partial charge in [0.1, 0.15) is 11.9 Å². The van der Waals surface area contributed by atoms with Crippen LogP contribution in [0.4, 0.5) is 0 Å². The van der Waals surface area contributed by atoms with Crippen molar-refractivity contribution in [2.75, 3.05) is 35.9 Å². The molecule has 7 heteroatoms. The van der Waals surface area contributed by atoms with Gasteiger partial charge in [0.05, 0.1) is 16.8 Å². The van der Waals surface area contributed by atoms with E-state index in [1.54, 1.807) is 7.11 Å². The molecule has 2 aromatic rings. The van der Waals surface area contributed by atoms with E-state index in [4.69, 9.17) is 9.47 Å². The van der Waals surface area contributed by atoms with Crippen molar-refractivity contribution in [1.82, 2.24) is 0 Å². The molecule has 2 fully saturated rings. The van der Waals surface area contributed by atoms with Gasteiger partial charge in [-0.15, -0.1) is 23.5 Å². The van der Waals surface area contributed by atoms with E-state index in [1.807, 2.05) is 59.9 Å². The van der Waals surface area contributed by atoms with E-state index in [-0.39, 0.29) is 16.2 Å². The van der Waals surface area contributed by atoms with E-state index in [0.29, 0.717) is 10.8 Å². The third kappa shape index (κ3) is 8.17. The van der Waals surface area contributed by atoms with Crippen LogP contribution in [0.1, 0.15) is 48.0 Å². The Morgan fingerprint density at radius 1 is 1.06 bits per heavy atom. The fourth-order valence-corrected chi connectivity index (χ4v) is 10.1. The Hall–Kier alpha value is -1.15. The fraction of sp³-hybridized carbons (Fsp3) is 0.483. The molecule has 194 valence electrons. The van der Waals surface area contributed by atoms with Crippen LogP contribution in [-0.2, 0) is 8.82 Å². The average molecular weight is 561 g/mol. The van der Waals surface area contributed by atoms with Gasteiger partial charge < -0.3 is 9.47 Å². The number of rotatable bonds is 10. The minimum absolute atomic E-state index is 0.0217. The predicted octanol–water partition coefficient (Wildman–Crippen LogP) is 7.91. The van der Waals surface area contributed by atoms with Crippen LogP contribution in [0.25, 0.3) is 0 Å². The number of esters is 1. The van der Waals surface area contributed by atoms with Crippen molar-refractivity contribution >= 4 is 53.0 Å². The number of allylic oxidation sites excluding steroid dienone is 1. The second kappa shape index (κ2) is 14.7. The molecule has 0 bridgehead atoms. The molecule has 0 saturated carbocycles. The summed E-state index contributed by atoms with van der Waals surface area (Å²) in [5.74, 6) is 6.67. The van der Waals surface area contributed by atoms with E-state index in [0.717, 1.165) is 36.5 Å². The van der Waals surface area contributed by atoms with E-state index >= 15 is 0 Å². The highest BCUT2D eigenvalue weighted by Crippen LogP contribution is 2.55. The minimum Gasteiger partial charge on any atom is -0.497 e. The molecule has 2 aromatic carbocycles. The number of hydrogen-bond donors (Lipinski definition) is 0. The highest BCUT2D eigenvalue weighted by molar-refractivity contribution is 8.20. The molecule has 2 aliphatic rings. The van der Waals surface area contributed by atoms with Crippen molar-refractivity contribution in [3.8, 4) is 5.75 Å². The normalized spacial score (nSPS) is 21.0. The molecule has 3 nitrogen and oxygen atoms in total. The molecule has 0 spiro atoms. The summed E-state index contributed by atoms with van der Waals surface area (Å²) in [7, 11) is 1.72. The Balaban J connectivity index is 1.45. The number of ether oxygens (including phenoxy) is 2. The van der Waals surface area contributed by atoms with Crippen molar-refractivity contribution in [3.05, 3.63) is 77.9 Å². The zero-order chi connectivity index (χ0) is 25.1. The standard InChI is InChI=1S/C29H36O3S4/c1-31-26-11-5-10-24(22-26)29(35-20-21-36-29)16-6-12-25(32-28(30)23-8-3-2-4-9-23)14-15-27-13-7-17-33-18-19-34-27/h2-6,8-12,22,25,27H,7,13-21H2,1H3/b12-6+. The third-order valence-corrected chi connectivity index (χ3v) is 12.7. The Morgan fingerprint density at radius 2 is 1.89 bits per heavy atom. The van der Waals surface area contributed by atoms with Crippen LogP contribution < -0.4 is 4.74 Å². The molecule has 0 N–H and O–H groups in total. The van der Waals surface area contributed by atoms with Gasteiger partial charge >= 0.3 is 5.97 Å². The van der Waals surface area contributed by atoms with Crippen LogP contribution in [0.3, 0.4) is 0 Å². The van der Waals surface area contributed by atoms with Crippen LogP contribution in [-0.4, -0.2) is 53.2 Å². The van der Waals surface area contributed by atoms with Gasteiger partial charge in [-0.3, -0.25) is 0 Å². The van der Waals surface area contributed by atoms with Crippen LogP contribution in [0.15, 0.2) is 66.7 Å². The first kappa shape index (κ1) is 27.9. The van der Waals surface area contributed by atoms with Crippen molar-refractivity contribution in [3.63, 3.8) is 0 Å². The largest absolute Gasteiger partial charge is 0.497 e. The maximum Gasteiger partial charge on any atom is 0.338 e. The van der Waals surface area contributed by atoms with E-state index in [9.17, 15) is 4.79 Å². The molecule has 2 heterocycles. The predicted molar refractivity (Wildman–Crippen MR) is 161 cm³/mol. The summed E-state index contributed by atoms with van der Waals surface area (Å²) in [6, 6.07) is 17.8. The van der Waals surface area contributed by atoms with Gasteiger partial charge in [0, 0.05) is 28.3 Å². The molecule has 4 rings (SSSR count). The second-order valence-corrected chi connectivity index (χ2v) is 14.6. The summed E-state index contributed by atoms with van der Waals surface area (Å²) < 4.78 is 11.5. The minimum atomic E-state index is -0.237. The summed E-state index contributed by atoms with van der Waals surface area (Å²) in [5, 5.41) is 0.654. The second-order valence-electron chi connectivity index (χ2n) is 8.95. The van der Waals surface area contributed by atoms with Gasteiger partial charge in [-0.2, -0.15) is 23.5 Å². The monoisotopic (exact) mass is 560 g/mol. The van der Waals surface area contributed by atoms with Gasteiger partial charge in [0.25, 0.3) is 0 Å². The lowest BCUT2D eigenvalue weighted by Gasteiger charge is -2.27. The number of methoxy groups -OCH3 is 1. The number of thioether (sulfide) groups is 4. The molecule has 0 aliphatic carbocycles. The van der Waals surface area contributed by atoms with Gasteiger partial charge in [-0.25, -0.2) is 4.79 Å². The van der Waals surface area contributed by atoms with Crippen LogP contribution >= 0.6 is 47.0 Å². The van der Waals surface area contributed by atoms with Crippen molar-refractivity contribution in [2.24, 2.45) is 0 Å². The molecule has 36 heavy (non-hydrogen) atoms. The van der Waals surface area contributed by atoms with Gasteiger partial charge in [0.2, 0.25) is 0 Å². The zero-order valence-corrected chi connectivity index (χ0v) is 24.2. The maximum absolute atomic E-state index is 12.9. The Kier molecular flexibility index (Phi) is 11.4. The lowest BCUT2D eigenvalue weighted by Crippen LogP contribution is -2.19. The molecule has 0 radical (unpaired) electrons. The first-order chi connectivity index (χ1) is 17.7. The summed E-state index contributed by atoms with van der Waals surface area (Å²) in [6.45, 7) is 0. The molecule has 2 unspecified atom stereocenters. The van der Waals surface area contributed by atoms with E-state index in [2.05, 4.69) is 53.9 Å². The summed E-state index contributed by atoms with van der Waals surface area (Å²) in [6.07, 6.45) is 9.56. The number of carbonyl (C=O) groups is 1. The molecule has 0 amide bonds. The molecule has 2 atom stereocenters. The summed E-state index contributed by atoms with van der Waals surface area (Å²) in [4.78, 5) is 12.9. The lowest BCUT2D eigenvalue weighted by molar-refractivity contribution is 0.0376. The van der Waals surface area contributed by atoms with E-state index in [1.165, 1.54) is 35.7 Å².